The number of halogens is 1. The normalized spacial score (nSPS) is 16.4. The van der Waals surface area contributed by atoms with Gasteiger partial charge in [-0.1, -0.05) is 6.07 Å². The fourth-order valence-electron chi connectivity index (χ4n) is 2.99. The Bertz CT molecular complexity index is 897. The molecule has 1 aliphatic rings. The van der Waals surface area contributed by atoms with Crippen LogP contribution in [0.4, 0.5) is 5.69 Å². The highest BCUT2D eigenvalue weighted by atomic mass is 35.5. The number of hydrogen-bond donors (Lipinski definition) is 3. The molecule has 142 valence electrons. The van der Waals surface area contributed by atoms with E-state index in [1.807, 2.05) is 18.2 Å². The summed E-state index contributed by atoms with van der Waals surface area (Å²) in [7, 11) is -2.13. The number of anilines is 1. The van der Waals surface area contributed by atoms with Crippen LogP contribution in [0.25, 0.3) is 0 Å². The Kier molecular flexibility index (Phi) is 6.27. The number of benzene rings is 1. The molecule has 1 aromatic heterocycles. The van der Waals surface area contributed by atoms with Crippen molar-refractivity contribution in [2.45, 2.75) is 30.3 Å². The lowest BCUT2D eigenvalue weighted by Gasteiger charge is -2.26. The predicted molar refractivity (Wildman–Crippen MR) is 100 cm³/mol. The molecule has 8 nitrogen and oxygen atoms in total. The maximum atomic E-state index is 12.2. The van der Waals surface area contributed by atoms with E-state index in [1.54, 1.807) is 7.05 Å². The summed E-state index contributed by atoms with van der Waals surface area (Å²) in [6, 6.07) is 5.54. The first kappa shape index (κ1) is 20.2. The minimum absolute atomic E-state index is 0. The molecule has 0 radical (unpaired) electrons. The van der Waals surface area contributed by atoms with Crippen molar-refractivity contribution in [2.75, 3.05) is 12.3 Å². The molecule has 1 aromatic carbocycles. The van der Waals surface area contributed by atoms with Crippen LogP contribution in [0.2, 0.25) is 0 Å². The molecule has 1 unspecified atom stereocenters. The lowest BCUT2D eigenvalue weighted by Crippen LogP contribution is -2.39. The molecule has 4 N–H and O–H groups in total. The minimum Gasteiger partial charge on any atom is -0.399 e. The first-order valence-corrected chi connectivity index (χ1v) is 9.49. The maximum absolute atomic E-state index is 12.2. The van der Waals surface area contributed by atoms with Crippen molar-refractivity contribution >= 4 is 34.0 Å². The summed E-state index contributed by atoms with van der Waals surface area (Å²) in [5, 5.41) is 2.78. The van der Waals surface area contributed by atoms with Gasteiger partial charge in [-0.3, -0.25) is 4.79 Å². The zero-order valence-electron chi connectivity index (χ0n) is 14.3. The Hall–Kier alpha value is -2.10. The number of carbonyl (C=O) groups excluding carboxylic acids is 1. The average molecular weight is 400 g/mol. The van der Waals surface area contributed by atoms with E-state index < -0.39 is 10.0 Å². The van der Waals surface area contributed by atoms with Crippen molar-refractivity contribution in [3.63, 3.8) is 0 Å². The van der Waals surface area contributed by atoms with Crippen molar-refractivity contribution < 1.29 is 13.2 Å². The van der Waals surface area contributed by atoms with E-state index in [-0.39, 0.29) is 35.9 Å². The molecular formula is C16H22ClN5O3S. The molecule has 0 saturated carbocycles. The van der Waals surface area contributed by atoms with E-state index in [0.29, 0.717) is 5.69 Å². The van der Waals surface area contributed by atoms with Gasteiger partial charge >= 0.3 is 0 Å². The fourth-order valence-corrected chi connectivity index (χ4v) is 3.95. The van der Waals surface area contributed by atoms with E-state index in [1.165, 1.54) is 17.1 Å². The van der Waals surface area contributed by atoms with Crippen LogP contribution in [0.15, 0.2) is 35.7 Å². The molecule has 0 spiro atoms. The summed E-state index contributed by atoms with van der Waals surface area (Å²) in [5.74, 6) is -0.380. The number of nitrogens with two attached hydrogens (primary N) is 1. The monoisotopic (exact) mass is 399 g/mol. The first-order chi connectivity index (χ1) is 11.8. The minimum atomic E-state index is -3.80. The van der Waals surface area contributed by atoms with Gasteiger partial charge in [-0.15, -0.1) is 12.4 Å². The number of nitrogen functional groups attached to an aromatic ring is 1. The van der Waals surface area contributed by atoms with Gasteiger partial charge in [-0.05, 0) is 42.5 Å². The van der Waals surface area contributed by atoms with Gasteiger partial charge in [0.1, 0.15) is 0 Å². The topological polar surface area (TPSA) is 119 Å². The molecule has 1 aliphatic carbocycles. The molecule has 1 atom stereocenters. The molecular weight excluding hydrogens is 378 g/mol. The first-order valence-electron chi connectivity index (χ1n) is 8.00. The molecule has 1 amide bonds. The zero-order valence-corrected chi connectivity index (χ0v) is 15.9. The van der Waals surface area contributed by atoms with Crippen molar-refractivity contribution in [3.8, 4) is 0 Å². The predicted octanol–water partition coefficient (Wildman–Crippen LogP) is 0.896. The van der Waals surface area contributed by atoms with Crippen LogP contribution in [0.3, 0.4) is 0 Å². The summed E-state index contributed by atoms with van der Waals surface area (Å²) in [6.45, 7) is -0.334. The van der Waals surface area contributed by atoms with E-state index in [9.17, 15) is 13.2 Å². The van der Waals surface area contributed by atoms with Gasteiger partial charge < -0.3 is 15.6 Å². The molecule has 10 heteroatoms. The van der Waals surface area contributed by atoms with Crippen LogP contribution in [-0.4, -0.2) is 30.4 Å². The largest absolute Gasteiger partial charge is 0.399 e. The number of amides is 1. The van der Waals surface area contributed by atoms with Crippen molar-refractivity contribution in [1.82, 2.24) is 19.6 Å². The number of aryl methyl sites for hydroxylation is 2. The summed E-state index contributed by atoms with van der Waals surface area (Å²) in [6.07, 6.45) is 5.46. The second kappa shape index (κ2) is 8.07. The van der Waals surface area contributed by atoms with Crippen LogP contribution >= 0.6 is 12.4 Å². The number of sulfonamides is 1. The van der Waals surface area contributed by atoms with Crippen LogP contribution in [0, 0.1) is 0 Å². The Morgan fingerprint density at radius 2 is 2.19 bits per heavy atom. The zero-order chi connectivity index (χ0) is 18.0. The van der Waals surface area contributed by atoms with Crippen LogP contribution in [-0.2, 0) is 28.3 Å². The van der Waals surface area contributed by atoms with E-state index >= 15 is 0 Å². The van der Waals surface area contributed by atoms with Crippen molar-refractivity contribution in [3.05, 3.63) is 41.9 Å². The Labute approximate surface area is 158 Å². The highest BCUT2D eigenvalue weighted by Crippen LogP contribution is 2.30. The molecule has 3 rings (SSSR count). The van der Waals surface area contributed by atoms with Gasteiger partial charge in [-0.2, -0.15) is 0 Å². The van der Waals surface area contributed by atoms with E-state index in [2.05, 4.69) is 15.0 Å². The smallest absolute Gasteiger partial charge is 0.260 e. The van der Waals surface area contributed by atoms with E-state index in [0.717, 1.165) is 30.4 Å². The number of carbonyl (C=O) groups is 1. The van der Waals surface area contributed by atoms with Crippen LogP contribution < -0.4 is 15.8 Å². The van der Waals surface area contributed by atoms with Crippen LogP contribution in [0.1, 0.15) is 30.0 Å². The Morgan fingerprint density at radius 1 is 1.42 bits per heavy atom. The number of fused-ring (bicyclic) bond motifs is 1. The summed E-state index contributed by atoms with van der Waals surface area (Å²) < 4.78 is 28.0. The molecule has 1 heterocycles. The highest BCUT2D eigenvalue weighted by Gasteiger charge is 2.23. The molecule has 0 aliphatic heterocycles. The third-order valence-corrected chi connectivity index (χ3v) is 5.48. The molecule has 0 bridgehead atoms. The van der Waals surface area contributed by atoms with Gasteiger partial charge in [-0.25, -0.2) is 18.1 Å². The number of hydrogen-bond acceptors (Lipinski definition) is 5. The lowest BCUT2D eigenvalue weighted by molar-refractivity contribution is -0.120. The van der Waals surface area contributed by atoms with Crippen molar-refractivity contribution in [1.29, 1.82) is 0 Å². The summed E-state index contributed by atoms with van der Waals surface area (Å²) in [4.78, 5) is 16.0. The summed E-state index contributed by atoms with van der Waals surface area (Å²) >= 11 is 0. The maximum Gasteiger partial charge on any atom is 0.260 e. The molecule has 26 heavy (non-hydrogen) atoms. The second-order valence-corrected chi connectivity index (χ2v) is 7.89. The molecule has 2 aromatic rings. The molecule has 0 fully saturated rings. The standard InChI is InChI=1S/C16H21N5O3S.ClH/c1-21-9-16(18-10-21)25(23,24)19-8-15(22)20-14-4-2-3-11-7-12(17)5-6-13(11)14;/h5-7,9-10,14,19H,2-4,8,17H2,1H3,(H,20,22);1H. The van der Waals surface area contributed by atoms with Gasteiger partial charge in [0.15, 0.2) is 5.03 Å². The van der Waals surface area contributed by atoms with E-state index in [4.69, 9.17) is 5.73 Å². The third kappa shape index (κ3) is 4.54. The number of nitrogens with zero attached hydrogens (tertiary/aromatic N) is 2. The number of imidazole rings is 1. The molecule has 0 saturated heterocycles. The fraction of sp³-hybridized carbons (Fsp3) is 0.375. The Balaban J connectivity index is 0.00000243. The average Bonchev–Trinajstić information content (AvgIpc) is 3.00. The van der Waals surface area contributed by atoms with Gasteiger partial charge in [0.05, 0.1) is 18.9 Å². The second-order valence-electron chi connectivity index (χ2n) is 6.17. The van der Waals surface area contributed by atoms with Crippen LogP contribution in [0.5, 0.6) is 0 Å². The van der Waals surface area contributed by atoms with Gasteiger partial charge in [0.2, 0.25) is 5.91 Å². The summed E-state index contributed by atoms with van der Waals surface area (Å²) in [5.41, 5.74) is 8.69. The SMILES string of the molecule is Cl.Cn1cnc(S(=O)(=O)NCC(=O)NC2CCCc3cc(N)ccc32)c1. The third-order valence-electron chi connectivity index (χ3n) is 4.20. The van der Waals surface area contributed by atoms with Gasteiger partial charge in [0.25, 0.3) is 10.0 Å². The Morgan fingerprint density at radius 3 is 2.88 bits per heavy atom. The highest BCUT2D eigenvalue weighted by molar-refractivity contribution is 7.89. The lowest BCUT2D eigenvalue weighted by atomic mass is 9.87. The number of nitrogens with one attached hydrogen (secondary N) is 2. The van der Waals surface area contributed by atoms with Crippen molar-refractivity contribution in [2.24, 2.45) is 7.05 Å². The number of aromatic nitrogens is 2. The number of rotatable bonds is 5. The quantitative estimate of drug-likeness (QED) is 0.645. The van der Waals surface area contributed by atoms with Gasteiger partial charge in [0, 0.05) is 18.9 Å².